The number of nitrogens with one attached hydrogen (secondary N) is 1. The van der Waals surface area contributed by atoms with Gasteiger partial charge >= 0.3 is 0 Å². The van der Waals surface area contributed by atoms with Crippen LogP contribution in [0.15, 0.2) is 36.4 Å². The van der Waals surface area contributed by atoms with Gasteiger partial charge in [-0.05, 0) is 73.8 Å². The zero-order chi connectivity index (χ0) is 19.8. The van der Waals surface area contributed by atoms with Crippen molar-refractivity contribution in [3.8, 4) is 0 Å². The SMILES string of the molecule is O=C(NC1CC2CC1C1CCCC21)C1CCN(C(=O)/C=C/c2ccccc2)CC1. The summed E-state index contributed by atoms with van der Waals surface area (Å²) in [5.41, 5.74) is 1.03. The van der Waals surface area contributed by atoms with Gasteiger partial charge in [0.2, 0.25) is 11.8 Å². The number of nitrogens with zero attached hydrogens (tertiary/aromatic N) is 1. The van der Waals surface area contributed by atoms with Crippen molar-refractivity contribution in [3.63, 3.8) is 0 Å². The maximum atomic E-state index is 12.9. The first-order valence-corrected chi connectivity index (χ1v) is 11.5. The first-order valence-electron chi connectivity index (χ1n) is 11.5. The van der Waals surface area contributed by atoms with Gasteiger partial charge in [-0.15, -0.1) is 0 Å². The number of piperidine rings is 1. The van der Waals surface area contributed by atoms with E-state index in [0.29, 0.717) is 19.1 Å². The van der Waals surface area contributed by atoms with Gasteiger partial charge in [-0.3, -0.25) is 9.59 Å². The zero-order valence-electron chi connectivity index (χ0n) is 17.1. The summed E-state index contributed by atoms with van der Waals surface area (Å²) in [5.74, 6) is 3.81. The molecular weight excluding hydrogens is 360 g/mol. The molecule has 5 rings (SSSR count). The van der Waals surface area contributed by atoms with Crippen molar-refractivity contribution in [1.82, 2.24) is 10.2 Å². The molecule has 1 aliphatic heterocycles. The summed E-state index contributed by atoms with van der Waals surface area (Å²) in [6, 6.07) is 10.3. The van der Waals surface area contributed by atoms with E-state index in [0.717, 1.165) is 42.1 Å². The van der Waals surface area contributed by atoms with Gasteiger partial charge in [-0.2, -0.15) is 0 Å². The van der Waals surface area contributed by atoms with Crippen molar-refractivity contribution in [2.45, 2.75) is 51.0 Å². The topological polar surface area (TPSA) is 49.4 Å². The average Bonchev–Trinajstić information content (AvgIpc) is 3.46. The third-order valence-corrected chi connectivity index (χ3v) is 8.15. The normalized spacial score (nSPS) is 33.9. The number of carbonyl (C=O) groups excluding carboxylic acids is 2. The van der Waals surface area contributed by atoms with Crippen LogP contribution in [0.5, 0.6) is 0 Å². The van der Waals surface area contributed by atoms with Crippen LogP contribution in [-0.4, -0.2) is 35.8 Å². The first kappa shape index (κ1) is 18.9. The fourth-order valence-electron chi connectivity index (χ4n) is 6.73. The van der Waals surface area contributed by atoms with Crippen molar-refractivity contribution in [2.75, 3.05) is 13.1 Å². The molecule has 1 saturated heterocycles. The van der Waals surface area contributed by atoms with Crippen molar-refractivity contribution in [1.29, 1.82) is 0 Å². The van der Waals surface area contributed by atoms with Crippen LogP contribution in [0.3, 0.4) is 0 Å². The van der Waals surface area contributed by atoms with Crippen molar-refractivity contribution < 1.29 is 9.59 Å². The van der Waals surface area contributed by atoms with Gasteiger partial charge in [-0.1, -0.05) is 36.8 Å². The highest BCUT2D eigenvalue weighted by atomic mass is 16.2. The number of carbonyl (C=O) groups is 2. The lowest BCUT2D eigenvalue weighted by Gasteiger charge is -2.35. The quantitative estimate of drug-likeness (QED) is 0.791. The van der Waals surface area contributed by atoms with Gasteiger partial charge < -0.3 is 10.2 Å². The standard InChI is InChI=1S/C25H32N2O2/c28-24(10-9-17-5-2-1-3-6-17)27-13-11-18(12-14-27)25(29)26-23-16-19-15-22(23)21-8-4-7-20(19)21/h1-3,5-6,9-10,18-23H,4,7-8,11-16H2,(H,26,29)/b10-9+. The molecule has 4 aliphatic rings. The minimum absolute atomic E-state index is 0.0492. The third-order valence-electron chi connectivity index (χ3n) is 8.15. The highest BCUT2D eigenvalue weighted by Crippen LogP contribution is 2.58. The molecule has 1 aromatic rings. The molecule has 4 nitrogen and oxygen atoms in total. The summed E-state index contributed by atoms with van der Waals surface area (Å²) in [7, 11) is 0. The van der Waals surface area contributed by atoms with Crippen LogP contribution in [0, 0.1) is 29.6 Å². The van der Waals surface area contributed by atoms with E-state index >= 15 is 0 Å². The molecule has 0 spiro atoms. The molecule has 3 saturated carbocycles. The van der Waals surface area contributed by atoms with Gasteiger partial charge in [0.15, 0.2) is 0 Å². The summed E-state index contributed by atoms with van der Waals surface area (Å²) in [6.45, 7) is 1.36. The van der Waals surface area contributed by atoms with Gasteiger partial charge in [0.1, 0.15) is 0 Å². The molecule has 2 amide bonds. The Balaban J connectivity index is 1.10. The number of hydrogen-bond donors (Lipinski definition) is 1. The summed E-state index contributed by atoms with van der Waals surface area (Å²) in [5, 5.41) is 3.43. The molecule has 1 N–H and O–H groups in total. The molecule has 5 unspecified atom stereocenters. The smallest absolute Gasteiger partial charge is 0.246 e. The van der Waals surface area contributed by atoms with E-state index in [9.17, 15) is 9.59 Å². The lowest BCUT2D eigenvalue weighted by atomic mass is 9.79. The van der Waals surface area contributed by atoms with Gasteiger partial charge in [0, 0.05) is 31.1 Å². The highest BCUT2D eigenvalue weighted by molar-refractivity contribution is 5.92. The van der Waals surface area contributed by atoms with E-state index in [1.807, 2.05) is 41.3 Å². The molecule has 2 bridgehead atoms. The lowest BCUT2D eigenvalue weighted by molar-refractivity contribution is -0.132. The van der Waals surface area contributed by atoms with Crippen LogP contribution in [0.25, 0.3) is 6.08 Å². The second-order valence-electron chi connectivity index (χ2n) is 9.61. The molecule has 0 radical (unpaired) electrons. The number of amides is 2. The monoisotopic (exact) mass is 392 g/mol. The Labute approximate surface area is 173 Å². The molecule has 29 heavy (non-hydrogen) atoms. The maximum Gasteiger partial charge on any atom is 0.246 e. The first-order chi connectivity index (χ1) is 14.2. The number of hydrogen-bond acceptors (Lipinski definition) is 2. The molecule has 3 aliphatic carbocycles. The number of rotatable bonds is 4. The number of likely N-dealkylation sites (tertiary alicyclic amines) is 1. The van der Waals surface area contributed by atoms with Gasteiger partial charge in [0.25, 0.3) is 0 Å². The molecule has 154 valence electrons. The lowest BCUT2D eigenvalue weighted by Crippen LogP contribution is -2.47. The van der Waals surface area contributed by atoms with Gasteiger partial charge in [-0.25, -0.2) is 0 Å². The van der Waals surface area contributed by atoms with Crippen LogP contribution in [0.4, 0.5) is 0 Å². The summed E-state index contributed by atoms with van der Waals surface area (Å²) >= 11 is 0. The minimum atomic E-state index is 0.0492. The Morgan fingerprint density at radius 2 is 1.69 bits per heavy atom. The molecule has 5 atom stereocenters. The molecule has 4 heteroatoms. The molecule has 1 heterocycles. The van der Waals surface area contributed by atoms with E-state index in [1.54, 1.807) is 6.08 Å². The number of fused-ring (bicyclic) bond motifs is 5. The summed E-state index contributed by atoms with van der Waals surface area (Å²) in [4.78, 5) is 27.2. The molecule has 0 aromatic heterocycles. The average molecular weight is 393 g/mol. The van der Waals surface area contributed by atoms with Gasteiger partial charge in [0.05, 0.1) is 0 Å². The molecular formula is C25H32N2O2. The number of benzene rings is 1. The summed E-state index contributed by atoms with van der Waals surface area (Å²) < 4.78 is 0. The maximum absolute atomic E-state index is 12.9. The van der Waals surface area contributed by atoms with E-state index in [2.05, 4.69) is 5.32 Å². The van der Waals surface area contributed by atoms with Crippen molar-refractivity contribution in [3.05, 3.63) is 42.0 Å². The van der Waals surface area contributed by atoms with Crippen LogP contribution in [0.1, 0.15) is 50.5 Å². The largest absolute Gasteiger partial charge is 0.353 e. The third kappa shape index (κ3) is 3.74. The summed E-state index contributed by atoms with van der Waals surface area (Å²) in [6.07, 6.45) is 11.9. The fourth-order valence-corrected chi connectivity index (χ4v) is 6.73. The van der Waals surface area contributed by atoms with Crippen LogP contribution < -0.4 is 5.32 Å². The Kier molecular flexibility index (Phi) is 5.19. The van der Waals surface area contributed by atoms with E-state index in [4.69, 9.17) is 0 Å². The van der Waals surface area contributed by atoms with Crippen molar-refractivity contribution >= 4 is 17.9 Å². The predicted octanol–water partition coefficient (Wildman–Crippen LogP) is 3.88. The Bertz CT molecular complexity index is 781. The van der Waals surface area contributed by atoms with Crippen molar-refractivity contribution in [2.24, 2.45) is 29.6 Å². The second kappa shape index (κ2) is 7.97. The highest BCUT2D eigenvalue weighted by Gasteiger charge is 2.54. The van der Waals surface area contributed by atoms with E-state index < -0.39 is 0 Å². The Hall–Kier alpha value is -2.10. The fraction of sp³-hybridized carbons (Fsp3) is 0.600. The van der Waals surface area contributed by atoms with E-state index in [-0.39, 0.29) is 17.7 Å². The zero-order valence-corrected chi connectivity index (χ0v) is 17.1. The van der Waals surface area contributed by atoms with Crippen LogP contribution in [-0.2, 0) is 9.59 Å². The molecule has 4 fully saturated rings. The Morgan fingerprint density at radius 1 is 0.931 bits per heavy atom. The minimum Gasteiger partial charge on any atom is -0.353 e. The predicted molar refractivity (Wildman–Crippen MR) is 114 cm³/mol. The van der Waals surface area contributed by atoms with E-state index in [1.165, 1.54) is 32.1 Å². The van der Waals surface area contributed by atoms with Crippen LogP contribution >= 0.6 is 0 Å². The second-order valence-corrected chi connectivity index (χ2v) is 9.61. The van der Waals surface area contributed by atoms with Crippen LogP contribution in [0.2, 0.25) is 0 Å². The molecule has 1 aromatic carbocycles. The Morgan fingerprint density at radius 3 is 2.48 bits per heavy atom.